The highest BCUT2D eigenvalue weighted by Gasteiger charge is 2.32. The lowest BCUT2D eigenvalue weighted by Crippen LogP contribution is -2.49. The number of amides is 2. The van der Waals surface area contributed by atoms with Crippen LogP contribution < -0.4 is 0 Å². The highest BCUT2D eigenvalue weighted by atomic mass is 32.2. The molecule has 0 atom stereocenters. The van der Waals surface area contributed by atoms with E-state index < -0.39 is 10.0 Å². The zero-order chi connectivity index (χ0) is 19.0. The predicted molar refractivity (Wildman–Crippen MR) is 95.7 cm³/mol. The second-order valence-electron chi connectivity index (χ2n) is 6.11. The maximum atomic E-state index is 12.2. The van der Waals surface area contributed by atoms with Gasteiger partial charge in [0.15, 0.2) is 0 Å². The van der Waals surface area contributed by atoms with Crippen molar-refractivity contribution in [3.63, 3.8) is 0 Å². The Labute approximate surface area is 151 Å². The minimum absolute atomic E-state index is 0.0393. The zero-order valence-electron chi connectivity index (χ0n) is 15.7. The van der Waals surface area contributed by atoms with Gasteiger partial charge in [0.05, 0.1) is 12.9 Å². The van der Waals surface area contributed by atoms with Gasteiger partial charge in [0, 0.05) is 45.2 Å². The predicted octanol–water partition coefficient (Wildman–Crippen LogP) is 1.13. The number of rotatable bonds is 8. The van der Waals surface area contributed by atoms with Crippen LogP contribution >= 0.6 is 0 Å². The molecule has 0 aliphatic carbocycles. The second kappa shape index (κ2) is 9.96. The van der Waals surface area contributed by atoms with E-state index >= 15 is 0 Å². The third-order valence-electron chi connectivity index (χ3n) is 4.49. The van der Waals surface area contributed by atoms with Crippen LogP contribution in [-0.4, -0.2) is 86.2 Å². The molecule has 25 heavy (non-hydrogen) atoms. The fourth-order valence-corrected chi connectivity index (χ4v) is 4.29. The molecule has 1 aliphatic rings. The molecule has 1 aliphatic heterocycles. The molecule has 2 amide bonds. The molecule has 1 rings (SSSR count). The minimum Gasteiger partial charge on any atom is -0.450 e. The van der Waals surface area contributed by atoms with Gasteiger partial charge >= 0.3 is 6.09 Å². The first-order valence-corrected chi connectivity index (χ1v) is 10.8. The van der Waals surface area contributed by atoms with Crippen molar-refractivity contribution in [2.24, 2.45) is 0 Å². The number of hydrogen-bond acceptors (Lipinski definition) is 5. The first-order chi connectivity index (χ1) is 11.7. The van der Waals surface area contributed by atoms with Gasteiger partial charge in [-0.05, 0) is 33.6 Å². The van der Waals surface area contributed by atoms with E-state index in [-0.39, 0.29) is 31.0 Å². The second-order valence-corrected chi connectivity index (χ2v) is 8.04. The molecule has 9 heteroatoms. The normalized spacial score (nSPS) is 16.1. The van der Waals surface area contributed by atoms with E-state index in [2.05, 4.69) is 0 Å². The molecule has 0 spiro atoms. The molecule has 146 valence electrons. The van der Waals surface area contributed by atoms with E-state index in [1.165, 1.54) is 10.6 Å². The van der Waals surface area contributed by atoms with Crippen LogP contribution in [0.3, 0.4) is 0 Å². The van der Waals surface area contributed by atoms with Crippen LogP contribution in [0, 0.1) is 0 Å². The SMILES string of the molecule is CCOC(=O)N1CCC(N(CCC(=O)N(CC)CC)S(C)(=O)=O)CC1. The molecule has 0 bridgehead atoms. The number of hydrogen-bond donors (Lipinski definition) is 0. The van der Waals surface area contributed by atoms with E-state index in [0.717, 1.165) is 0 Å². The Morgan fingerprint density at radius 3 is 2.12 bits per heavy atom. The third kappa shape index (κ3) is 6.47. The summed E-state index contributed by atoms with van der Waals surface area (Å²) in [5, 5.41) is 0. The molecule has 8 nitrogen and oxygen atoms in total. The van der Waals surface area contributed by atoms with Crippen LogP contribution in [-0.2, 0) is 19.6 Å². The Hall–Kier alpha value is -1.35. The first kappa shape index (κ1) is 21.7. The summed E-state index contributed by atoms with van der Waals surface area (Å²) < 4.78 is 30.7. The number of sulfonamides is 1. The van der Waals surface area contributed by atoms with Crippen molar-refractivity contribution in [2.45, 2.75) is 46.1 Å². The topological polar surface area (TPSA) is 87.2 Å². The molecule has 1 saturated heterocycles. The Kier molecular flexibility index (Phi) is 8.64. The maximum Gasteiger partial charge on any atom is 0.409 e. The maximum absolute atomic E-state index is 12.2. The van der Waals surface area contributed by atoms with Crippen LogP contribution in [0.5, 0.6) is 0 Å². The Morgan fingerprint density at radius 1 is 1.12 bits per heavy atom. The van der Waals surface area contributed by atoms with Crippen molar-refractivity contribution in [1.82, 2.24) is 14.1 Å². The summed E-state index contributed by atoms with van der Waals surface area (Å²) in [4.78, 5) is 27.2. The molecule has 0 N–H and O–H groups in total. The number of likely N-dealkylation sites (tertiary alicyclic amines) is 1. The Morgan fingerprint density at radius 2 is 1.68 bits per heavy atom. The van der Waals surface area contributed by atoms with Crippen molar-refractivity contribution >= 4 is 22.0 Å². The van der Waals surface area contributed by atoms with Gasteiger partial charge in [-0.3, -0.25) is 4.79 Å². The Balaban J connectivity index is 2.66. The van der Waals surface area contributed by atoms with Crippen LogP contribution in [0.2, 0.25) is 0 Å². The fraction of sp³-hybridized carbons (Fsp3) is 0.875. The molecule has 0 radical (unpaired) electrons. The van der Waals surface area contributed by atoms with Crippen LogP contribution in [0.25, 0.3) is 0 Å². The number of carbonyl (C=O) groups is 2. The van der Waals surface area contributed by atoms with Gasteiger partial charge in [0.2, 0.25) is 15.9 Å². The summed E-state index contributed by atoms with van der Waals surface area (Å²) in [6.07, 6.45) is 2.08. The van der Waals surface area contributed by atoms with Gasteiger partial charge in [0.25, 0.3) is 0 Å². The van der Waals surface area contributed by atoms with Crippen molar-refractivity contribution < 1.29 is 22.7 Å². The van der Waals surface area contributed by atoms with Gasteiger partial charge in [0.1, 0.15) is 0 Å². The van der Waals surface area contributed by atoms with E-state index in [4.69, 9.17) is 4.74 Å². The highest BCUT2D eigenvalue weighted by Crippen LogP contribution is 2.20. The molecule has 0 aromatic heterocycles. The van der Waals surface area contributed by atoms with Gasteiger partial charge in [-0.15, -0.1) is 0 Å². The fourth-order valence-electron chi connectivity index (χ4n) is 3.11. The van der Waals surface area contributed by atoms with Crippen LogP contribution in [0.1, 0.15) is 40.0 Å². The van der Waals surface area contributed by atoms with E-state index in [9.17, 15) is 18.0 Å². The molecular weight excluding hydrogens is 346 g/mol. The average molecular weight is 378 g/mol. The molecular formula is C16H31N3O5S. The standard InChI is InChI=1S/C16H31N3O5S/c1-5-17(6-2)15(20)10-13-19(25(4,22)23)14-8-11-18(12-9-14)16(21)24-7-3/h14H,5-13H2,1-4H3. The van der Waals surface area contributed by atoms with Gasteiger partial charge in [-0.2, -0.15) is 4.31 Å². The van der Waals surface area contributed by atoms with Crippen molar-refractivity contribution in [3.05, 3.63) is 0 Å². The number of nitrogens with zero attached hydrogens (tertiary/aromatic N) is 3. The molecule has 0 unspecified atom stereocenters. The summed E-state index contributed by atoms with van der Waals surface area (Å²) in [6, 6.07) is -0.190. The molecule has 1 heterocycles. The quantitative estimate of drug-likeness (QED) is 0.633. The van der Waals surface area contributed by atoms with Crippen LogP contribution in [0.4, 0.5) is 4.79 Å². The van der Waals surface area contributed by atoms with Crippen molar-refractivity contribution in [1.29, 1.82) is 0 Å². The van der Waals surface area contributed by atoms with Crippen molar-refractivity contribution in [3.8, 4) is 0 Å². The first-order valence-electron chi connectivity index (χ1n) is 8.90. The minimum atomic E-state index is -3.42. The van der Waals surface area contributed by atoms with Crippen LogP contribution in [0.15, 0.2) is 0 Å². The number of ether oxygens (including phenoxy) is 1. The van der Waals surface area contributed by atoms with Gasteiger partial charge in [-0.1, -0.05) is 0 Å². The molecule has 0 aromatic rings. The monoisotopic (exact) mass is 377 g/mol. The van der Waals surface area contributed by atoms with Gasteiger partial charge < -0.3 is 14.5 Å². The van der Waals surface area contributed by atoms with E-state index in [1.807, 2.05) is 13.8 Å². The molecule has 1 fully saturated rings. The molecule has 0 aromatic carbocycles. The lowest BCUT2D eigenvalue weighted by molar-refractivity contribution is -0.131. The Bertz CT molecular complexity index is 540. The number of piperidine rings is 1. The molecule has 0 saturated carbocycles. The lowest BCUT2D eigenvalue weighted by Gasteiger charge is -2.36. The summed E-state index contributed by atoms with van der Waals surface area (Å²) in [7, 11) is -3.42. The lowest BCUT2D eigenvalue weighted by atomic mass is 10.1. The summed E-state index contributed by atoms with van der Waals surface area (Å²) >= 11 is 0. The third-order valence-corrected chi connectivity index (χ3v) is 5.82. The highest BCUT2D eigenvalue weighted by molar-refractivity contribution is 7.88. The summed E-state index contributed by atoms with van der Waals surface area (Å²) in [6.45, 7) is 8.21. The van der Waals surface area contributed by atoms with E-state index in [1.54, 1.807) is 16.7 Å². The smallest absolute Gasteiger partial charge is 0.409 e. The summed E-state index contributed by atoms with van der Waals surface area (Å²) in [5.41, 5.74) is 0. The van der Waals surface area contributed by atoms with E-state index in [0.29, 0.717) is 45.6 Å². The number of carbonyl (C=O) groups excluding carboxylic acids is 2. The average Bonchev–Trinajstić information content (AvgIpc) is 2.55. The van der Waals surface area contributed by atoms with Crippen molar-refractivity contribution in [2.75, 3.05) is 45.6 Å². The van der Waals surface area contributed by atoms with Gasteiger partial charge in [-0.25, -0.2) is 13.2 Å². The summed E-state index contributed by atoms with van der Waals surface area (Å²) in [5.74, 6) is -0.0393. The zero-order valence-corrected chi connectivity index (χ0v) is 16.5. The largest absolute Gasteiger partial charge is 0.450 e.